The van der Waals surface area contributed by atoms with Crippen LogP contribution in [0.25, 0.3) is 0 Å². The Kier molecular flexibility index (Phi) is 6.46. The molecule has 1 amide bonds. The first-order chi connectivity index (χ1) is 15.1. The summed E-state index contributed by atoms with van der Waals surface area (Å²) in [4.78, 5) is 24.3. The molecule has 1 aliphatic heterocycles. The number of carbonyl (C=O) groups excluding carboxylic acids is 1. The predicted molar refractivity (Wildman–Crippen MR) is 121 cm³/mol. The lowest BCUT2D eigenvalue weighted by Gasteiger charge is -2.25. The molecule has 1 fully saturated rings. The van der Waals surface area contributed by atoms with E-state index in [9.17, 15) is 4.79 Å². The Morgan fingerprint density at radius 2 is 1.84 bits per heavy atom. The van der Waals surface area contributed by atoms with Gasteiger partial charge < -0.3 is 15.0 Å². The average Bonchev–Trinajstić information content (AvgIpc) is 3.28. The van der Waals surface area contributed by atoms with Crippen LogP contribution < -0.4 is 10.1 Å². The summed E-state index contributed by atoms with van der Waals surface area (Å²) < 4.78 is 5.42. The lowest BCUT2D eigenvalue weighted by Crippen LogP contribution is -2.31. The number of nitrogens with zero attached hydrogens (tertiary/aromatic N) is 3. The van der Waals surface area contributed by atoms with Gasteiger partial charge in [-0.3, -0.25) is 4.79 Å². The van der Waals surface area contributed by atoms with Gasteiger partial charge in [-0.15, -0.1) is 0 Å². The average molecular weight is 417 g/mol. The number of amides is 1. The van der Waals surface area contributed by atoms with Gasteiger partial charge in [0.25, 0.3) is 0 Å². The number of hydrogen-bond acceptors (Lipinski definition) is 5. The quantitative estimate of drug-likeness (QED) is 0.597. The molecule has 160 valence electrons. The van der Waals surface area contributed by atoms with Crippen LogP contribution in [0.4, 0.5) is 11.6 Å². The molecule has 6 heteroatoms. The monoisotopic (exact) mass is 416 g/mol. The van der Waals surface area contributed by atoms with Gasteiger partial charge in [0.2, 0.25) is 5.91 Å². The number of carbonyl (C=O) groups is 1. The van der Waals surface area contributed by atoms with E-state index in [1.807, 2.05) is 72.5 Å². The van der Waals surface area contributed by atoms with E-state index in [4.69, 9.17) is 9.72 Å². The Hall–Kier alpha value is -3.41. The highest BCUT2D eigenvalue weighted by Gasteiger charge is 2.30. The maximum Gasteiger partial charge on any atom is 0.223 e. The maximum absolute atomic E-state index is 13.0. The van der Waals surface area contributed by atoms with Crippen LogP contribution in [0.2, 0.25) is 0 Å². The number of aryl methyl sites for hydroxylation is 2. The maximum atomic E-state index is 13.0. The number of anilines is 2. The van der Waals surface area contributed by atoms with Crippen molar-refractivity contribution >= 4 is 17.5 Å². The second-order valence-electron chi connectivity index (χ2n) is 7.79. The Morgan fingerprint density at radius 3 is 2.65 bits per heavy atom. The molecule has 0 unspecified atom stereocenters. The molecule has 1 aromatic carbocycles. The molecule has 4 rings (SSSR count). The van der Waals surface area contributed by atoms with Crippen molar-refractivity contribution in [3.8, 4) is 5.75 Å². The molecule has 2 aromatic heterocycles. The zero-order valence-electron chi connectivity index (χ0n) is 18.0. The number of benzene rings is 1. The fourth-order valence-corrected chi connectivity index (χ4v) is 4.12. The van der Waals surface area contributed by atoms with Crippen molar-refractivity contribution < 1.29 is 9.53 Å². The number of hydrogen-bond donors (Lipinski definition) is 1. The Balaban J connectivity index is 1.44. The summed E-state index contributed by atoms with van der Waals surface area (Å²) in [5.41, 5.74) is 2.92. The predicted octanol–water partition coefficient (Wildman–Crippen LogP) is 4.83. The summed E-state index contributed by atoms with van der Waals surface area (Å²) in [5, 5.41) is 3.27. The van der Waals surface area contributed by atoms with Crippen LogP contribution in [0.15, 0.2) is 60.7 Å². The molecule has 1 aliphatic rings. The van der Waals surface area contributed by atoms with E-state index in [0.717, 1.165) is 53.7 Å². The van der Waals surface area contributed by atoms with Crippen LogP contribution >= 0.6 is 0 Å². The van der Waals surface area contributed by atoms with Gasteiger partial charge in [-0.2, -0.15) is 0 Å². The van der Waals surface area contributed by atoms with Gasteiger partial charge in [0.1, 0.15) is 17.4 Å². The number of likely N-dealkylation sites (tertiary alicyclic amines) is 1. The molecule has 6 nitrogen and oxygen atoms in total. The van der Waals surface area contributed by atoms with E-state index in [-0.39, 0.29) is 11.9 Å². The summed E-state index contributed by atoms with van der Waals surface area (Å²) in [7, 11) is 1.66. The lowest BCUT2D eigenvalue weighted by molar-refractivity contribution is -0.132. The van der Waals surface area contributed by atoms with Crippen LogP contribution in [0.5, 0.6) is 5.75 Å². The highest BCUT2D eigenvalue weighted by molar-refractivity contribution is 5.77. The van der Waals surface area contributed by atoms with Crippen molar-refractivity contribution in [2.45, 2.75) is 38.6 Å². The SMILES string of the molecule is COc1ccccc1CCC(=O)N1CCC[C@H]1c1cccc(Nc2cccc(C)n2)n1. The number of aromatic nitrogens is 2. The lowest BCUT2D eigenvalue weighted by atomic mass is 10.1. The zero-order chi connectivity index (χ0) is 21.6. The van der Waals surface area contributed by atoms with Crippen LogP contribution in [-0.4, -0.2) is 34.4 Å². The standard InChI is InChI=1S/C25H28N4O2/c1-18-8-5-13-23(26-18)28-24-14-6-10-20(27-24)21-11-7-17-29(21)25(30)16-15-19-9-3-4-12-22(19)31-2/h3-6,8-10,12-14,21H,7,11,15-17H2,1-2H3,(H,26,27,28)/t21-/m0/s1. The van der Waals surface area contributed by atoms with Crippen LogP contribution in [0.3, 0.4) is 0 Å². The van der Waals surface area contributed by atoms with Gasteiger partial charge in [0.05, 0.1) is 18.8 Å². The van der Waals surface area contributed by atoms with Crippen molar-refractivity contribution in [2.75, 3.05) is 19.0 Å². The van der Waals surface area contributed by atoms with E-state index >= 15 is 0 Å². The molecule has 31 heavy (non-hydrogen) atoms. The minimum Gasteiger partial charge on any atom is -0.496 e. The molecule has 1 atom stereocenters. The van der Waals surface area contributed by atoms with E-state index < -0.39 is 0 Å². The molecule has 0 saturated carbocycles. The number of ether oxygens (including phenoxy) is 1. The number of rotatable bonds is 7. The smallest absolute Gasteiger partial charge is 0.223 e. The molecule has 3 aromatic rings. The van der Waals surface area contributed by atoms with Crippen molar-refractivity contribution in [3.05, 3.63) is 77.6 Å². The molecule has 0 aliphatic carbocycles. The summed E-state index contributed by atoms with van der Waals surface area (Å²) in [6.07, 6.45) is 3.05. The van der Waals surface area contributed by atoms with Gasteiger partial charge in [-0.25, -0.2) is 9.97 Å². The van der Waals surface area contributed by atoms with Gasteiger partial charge in [0, 0.05) is 18.7 Å². The van der Waals surface area contributed by atoms with Gasteiger partial charge in [-0.05, 0) is 62.1 Å². The fraction of sp³-hybridized carbons (Fsp3) is 0.320. The molecule has 3 heterocycles. The van der Waals surface area contributed by atoms with E-state index in [0.29, 0.717) is 12.8 Å². The van der Waals surface area contributed by atoms with Gasteiger partial charge in [-0.1, -0.05) is 30.3 Å². The molecule has 0 bridgehead atoms. The van der Waals surface area contributed by atoms with E-state index in [1.165, 1.54) is 0 Å². The second kappa shape index (κ2) is 9.60. The summed E-state index contributed by atoms with van der Waals surface area (Å²) >= 11 is 0. The molecular formula is C25H28N4O2. The molecule has 0 radical (unpaired) electrons. The van der Waals surface area contributed by atoms with Crippen molar-refractivity contribution in [1.29, 1.82) is 0 Å². The number of pyridine rings is 2. The van der Waals surface area contributed by atoms with Crippen molar-refractivity contribution in [3.63, 3.8) is 0 Å². The number of nitrogens with one attached hydrogen (secondary N) is 1. The van der Waals surface area contributed by atoms with Crippen LogP contribution in [0, 0.1) is 6.92 Å². The summed E-state index contributed by atoms with van der Waals surface area (Å²) in [6, 6.07) is 19.6. The third kappa shape index (κ3) is 5.02. The Morgan fingerprint density at radius 1 is 1.06 bits per heavy atom. The minimum absolute atomic E-state index is 0.0115. The third-order valence-corrected chi connectivity index (χ3v) is 5.63. The minimum atomic E-state index is 0.0115. The van der Waals surface area contributed by atoms with Crippen molar-refractivity contribution in [2.24, 2.45) is 0 Å². The Bertz CT molecular complexity index is 1050. The number of para-hydroxylation sites is 1. The topological polar surface area (TPSA) is 67.3 Å². The first-order valence-electron chi connectivity index (χ1n) is 10.7. The first-order valence-corrected chi connectivity index (χ1v) is 10.7. The first kappa shape index (κ1) is 20.8. The van der Waals surface area contributed by atoms with Crippen LogP contribution in [-0.2, 0) is 11.2 Å². The molecular weight excluding hydrogens is 388 g/mol. The van der Waals surface area contributed by atoms with Gasteiger partial charge in [0.15, 0.2) is 0 Å². The number of methoxy groups -OCH3 is 1. The van der Waals surface area contributed by atoms with Gasteiger partial charge >= 0.3 is 0 Å². The summed E-state index contributed by atoms with van der Waals surface area (Å²) in [6.45, 7) is 2.73. The normalized spacial score (nSPS) is 15.7. The van der Waals surface area contributed by atoms with E-state index in [1.54, 1.807) is 7.11 Å². The third-order valence-electron chi connectivity index (χ3n) is 5.63. The highest BCUT2D eigenvalue weighted by Crippen LogP contribution is 2.32. The largest absolute Gasteiger partial charge is 0.496 e. The zero-order valence-corrected chi connectivity index (χ0v) is 18.0. The molecule has 0 spiro atoms. The second-order valence-corrected chi connectivity index (χ2v) is 7.79. The molecule has 1 N–H and O–H groups in total. The fourth-order valence-electron chi connectivity index (χ4n) is 4.12. The molecule has 1 saturated heterocycles. The van der Waals surface area contributed by atoms with E-state index in [2.05, 4.69) is 10.3 Å². The summed E-state index contributed by atoms with van der Waals surface area (Å²) in [5.74, 6) is 2.50. The Labute approximate surface area is 183 Å². The van der Waals surface area contributed by atoms with Crippen molar-refractivity contribution in [1.82, 2.24) is 14.9 Å². The van der Waals surface area contributed by atoms with Crippen LogP contribution in [0.1, 0.15) is 42.3 Å². The highest BCUT2D eigenvalue weighted by atomic mass is 16.5.